The lowest BCUT2D eigenvalue weighted by atomic mass is 10.1. The zero-order valence-corrected chi connectivity index (χ0v) is 8.29. The van der Waals surface area contributed by atoms with E-state index in [0.717, 1.165) is 0 Å². The van der Waals surface area contributed by atoms with Crippen LogP contribution >= 0.6 is 0 Å². The Hall–Kier alpha value is -0.970. The van der Waals surface area contributed by atoms with E-state index in [2.05, 4.69) is 0 Å². The Morgan fingerprint density at radius 3 is 2.50 bits per heavy atom. The topological polar surface area (TPSA) is 44.5 Å². The number of methoxy groups -OCH3 is 2. The number of halogens is 1. The van der Waals surface area contributed by atoms with Crippen molar-refractivity contribution >= 4 is 0 Å². The Bertz CT molecular complexity index is 300. The van der Waals surface area contributed by atoms with Crippen molar-refractivity contribution < 1.29 is 13.9 Å². The van der Waals surface area contributed by atoms with Gasteiger partial charge in [0.25, 0.3) is 0 Å². The largest absolute Gasteiger partial charge is 0.352 e. The van der Waals surface area contributed by atoms with E-state index in [-0.39, 0.29) is 12.4 Å². The maximum absolute atomic E-state index is 13.4. The van der Waals surface area contributed by atoms with E-state index >= 15 is 0 Å². The van der Waals surface area contributed by atoms with Crippen molar-refractivity contribution in [1.29, 1.82) is 0 Å². The number of hydrogen-bond acceptors (Lipinski definition) is 3. The molecule has 0 atom stereocenters. The first-order chi connectivity index (χ1) is 6.74. The Morgan fingerprint density at radius 2 is 2.00 bits per heavy atom. The van der Waals surface area contributed by atoms with Gasteiger partial charge in [-0.3, -0.25) is 0 Å². The minimum Gasteiger partial charge on any atom is -0.352 e. The van der Waals surface area contributed by atoms with Crippen LogP contribution in [0.2, 0.25) is 0 Å². The molecule has 3 nitrogen and oxygen atoms in total. The molecule has 78 valence electrons. The summed E-state index contributed by atoms with van der Waals surface area (Å²) >= 11 is 0. The van der Waals surface area contributed by atoms with Crippen molar-refractivity contribution in [3.63, 3.8) is 0 Å². The van der Waals surface area contributed by atoms with Crippen molar-refractivity contribution in [3.8, 4) is 0 Å². The van der Waals surface area contributed by atoms with Crippen molar-refractivity contribution in [2.75, 3.05) is 14.2 Å². The second kappa shape index (κ2) is 5.05. The summed E-state index contributed by atoms with van der Waals surface area (Å²) in [6, 6.07) is 4.73. The highest BCUT2D eigenvalue weighted by Crippen LogP contribution is 2.24. The Labute approximate surface area is 82.6 Å². The summed E-state index contributed by atoms with van der Waals surface area (Å²) in [6.45, 7) is 0.260. The summed E-state index contributed by atoms with van der Waals surface area (Å²) in [6.07, 6.45) is -0.699. The van der Waals surface area contributed by atoms with Gasteiger partial charge in [-0.1, -0.05) is 12.1 Å². The standard InChI is InChI=1S/C10H14FNO2/c1-13-10(14-2)9-7(6-12)4-3-5-8(9)11/h3-5,10H,6,12H2,1-2H3. The summed E-state index contributed by atoms with van der Waals surface area (Å²) in [4.78, 5) is 0. The van der Waals surface area contributed by atoms with Crippen LogP contribution in [0.25, 0.3) is 0 Å². The van der Waals surface area contributed by atoms with E-state index < -0.39 is 6.29 Å². The Morgan fingerprint density at radius 1 is 1.36 bits per heavy atom. The van der Waals surface area contributed by atoms with Gasteiger partial charge < -0.3 is 15.2 Å². The lowest BCUT2D eigenvalue weighted by Crippen LogP contribution is -2.12. The molecule has 2 N–H and O–H groups in total. The molecule has 4 heteroatoms. The first-order valence-electron chi connectivity index (χ1n) is 4.27. The summed E-state index contributed by atoms with van der Waals surface area (Å²) < 4.78 is 23.4. The van der Waals surface area contributed by atoms with Crippen LogP contribution in [-0.4, -0.2) is 14.2 Å². The van der Waals surface area contributed by atoms with Crippen LogP contribution in [-0.2, 0) is 16.0 Å². The van der Waals surface area contributed by atoms with Gasteiger partial charge >= 0.3 is 0 Å². The molecule has 1 rings (SSSR count). The summed E-state index contributed by atoms with van der Waals surface area (Å²) in [5, 5.41) is 0. The number of hydrogen-bond donors (Lipinski definition) is 1. The molecule has 0 spiro atoms. The molecule has 1 aromatic rings. The molecule has 0 unspecified atom stereocenters. The predicted octanol–water partition coefficient (Wildman–Crippen LogP) is 1.58. The molecule has 0 aliphatic heterocycles. The van der Waals surface area contributed by atoms with E-state index in [1.165, 1.54) is 20.3 Å². The molecular formula is C10H14FNO2. The minimum atomic E-state index is -0.699. The second-order valence-corrected chi connectivity index (χ2v) is 2.82. The number of benzene rings is 1. The lowest BCUT2D eigenvalue weighted by molar-refractivity contribution is -0.108. The molecule has 0 aromatic heterocycles. The van der Waals surface area contributed by atoms with Crippen molar-refractivity contribution in [3.05, 3.63) is 35.1 Å². The van der Waals surface area contributed by atoms with Gasteiger partial charge in [-0.2, -0.15) is 0 Å². The highest BCUT2D eigenvalue weighted by atomic mass is 19.1. The van der Waals surface area contributed by atoms with Crippen LogP contribution in [0.15, 0.2) is 18.2 Å². The van der Waals surface area contributed by atoms with Crippen LogP contribution in [0.1, 0.15) is 17.4 Å². The van der Waals surface area contributed by atoms with Gasteiger partial charge in [-0.05, 0) is 11.6 Å². The molecule has 1 aromatic carbocycles. The fraction of sp³-hybridized carbons (Fsp3) is 0.400. The second-order valence-electron chi connectivity index (χ2n) is 2.82. The number of nitrogens with two attached hydrogens (primary N) is 1. The smallest absolute Gasteiger partial charge is 0.186 e. The van der Waals surface area contributed by atoms with Crippen LogP contribution in [0, 0.1) is 5.82 Å². The minimum absolute atomic E-state index is 0.260. The molecule has 14 heavy (non-hydrogen) atoms. The molecule has 0 fully saturated rings. The highest BCUT2D eigenvalue weighted by molar-refractivity contribution is 5.29. The molecule has 0 heterocycles. The molecule has 0 saturated carbocycles. The maximum Gasteiger partial charge on any atom is 0.186 e. The van der Waals surface area contributed by atoms with Gasteiger partial charge in [0, 0.05) is 26.3 Å². The van der Waals surface area contributed by atoms with E-state index in [1.54, 1.807) is 12.1 Å². The van der Waals surface area contributed by atoms with Gasteiger partial charge in [0.1, 0.15) is 5.82 Å². The first kappa shape index (κ1) is 11.1. The van der Waals surface area contributed by atoms with Crippen LogP contribution in [0.3, 0.4) is 0 Å². The zero-order valence-electron chi connectivity index (χ0n) is 8.29. The van der Waals surface area contributed by atoms with E-state index in [0.29, 0.717) is 11.1 Å². The maximum atomic E-state index is 13.4. The third-order valence-corrected chi connectivity index (χ3v) is 2.03. The van der Waals surface area contributed by atoms with Crippen molar-refractivity contribution in [2.45, 2.75) is 12.8 Å². The van der Waals surface area contributed by atoms with E-state index in [9.17, 15) is 4.39 Å². The number of ether oxygens (including phenoxy) is 2. The normalized spacial score (nSPS) is 10.9. The van der Waals surface area contributed by atoms with Crippen LogP contribution < -0.4 is 5.73 Å². The first-order valence-corrected chi connectivity index (χ1v) is 4.27. The summed E-state index contributed by atoms with van der Waals surface area (Å²) in [7, 11) is 2.92. The predicted molar refractivity (Wildman–Crippen MR) is 51.1 cm³/mol. The molecule has 0 saturated heterocycles. The number of rotatable bonds is 4. The highest BCUT2D eigenvalue weighted by Gasteiger charge is 2.17. The van der Waals surface area contributed by atoms with Gasteiger partial charge in [-0.15, -0.1) is 0 Å². The zero-order chi connectivity index (χ0) is 10.6. The van der Waals surface area contributed by atoms with E-state index in [1.807, 2.05) is 0 Å². The fourth-order valence-corrected chi connectivity index (χ4v) is 1.36. The van der Waals surface area contributed by atoms with Crippen molar-refractivity contribution in [1.82, 2.24) is 0 Å². The Balaban J connectivity index is 3.14. The third kappa shape index (κ3) is 2.09. The van der Waals surface area contributed by atoms with Crippen LogP contribution in [0.4, 0.5) is 4.39 Å². The molecule has 0 bridgehead atoms. The summed E-state index contributed by atoms with van der Waals surface area (Å²) in [5.74, 6) is -0.360. The average Bonchev–Trinajstić information content (AvgIpc) is 2.22. The van der Waals surface area contributed by atoms with Gasteiger partial charge in [0.05, 0.1) is 0 Å². The third-order valence-electron chi connectivity index (χ3n) is 2.03. The molecule has 0 amide bonds. The molecule has 0 aliphatic carbocycles. The van der Waals surface area contributed by atoms with Crippen molar-refractivity contribution in [2.24, 2.45) is 5.73 Å². The average molecular weight is 199 g/mol. The summed E-state index contributed by atoms with van der Waals surface area (Å²) in [5.41, 5.74) is 6.56. The van der Waals surface area contributed by atoms with Gasteiger partial charge in [0.2, 0.25) is 0 Å². The van der Waals surface area contributed by atoms with E-state index in [4.69, 9.17) is 15.2 Å². The van der Waals surface area contributed by atoms with Gasteiger partial charge in [0.15, 0.2) is 6.29 Å². The lowest BCUT2D eigenvalue weighted by Gasteiger charge is -2.17. The van der Waals surface area contributed by atoms with Crippen LogP contribution in [0.5, 0.6) is 0 Å². The molecular weight excluding hydrogens is 185 g/mol. The SMILES string of the molecule is COC(OC)c1c(F)cccc1CN. The monoisotopic (exact) mass is 199 g/mol. The van der Waals surface area contributed by atoms with Gasteiger partial charge in [-0.25, -0.2) is 4.39 Å². The Kier molecular flexibility index (Phi) is 4.00. The molecule has 0 radical (unpaired) electrons. The fourth-order valence-electron chi connectivity index (χ4n) is 1.36. The quantitative estimate of drug-likeness (QED) is 0.749. The molecule has 0 aliphatic rings.